The number of benzene rings is 4. The molecule has 1 N–H and O–H groups in total. The van der Waals surface area contributed by atoms with E-state index >= 15 is 0 Å². The molecule has 6 nitrogen and oxygen atoms in total. The Morgan fingerprint density at radius 3 is 1.98 bits per heavy atom. The SMILES string of the molecule is C=CCO[C@@H]1O[C@H](COCc2ccc3ccccc3c2)[C@@H](O)[C@H](OCc2ccccc2)[C@H]1OCc1ccccc1. The van der Waals surface area contributed by atoms with Crippen LogP contribution in [0.15, 0.2) is 116 Å². The molecule has 1 aliphatic rings. The Morgan fingerprint density at radius 2 is 1.30 bits per heavy atom. The van der Waals surface area contributed by atoms with Gasteiger partial charge in [-0.1, -0.05) is 103 Å². The highest BCUT2D eigenvalue weighted by Crippen LogP contribution is 2.29. The summed E-state index contributed by atoms with van der Waals surface area (Å²) in [6.45, 7) is 5.23. The summed E-state index contributed by atoms with van der Waals surface area (Å²) in [6.07, 6.45) is -2.16. The lowest BCUT2D eigenvalue weighted by molar-refractivity contribution is -0.319. The van der Waals surface area contributed by atoms with Crippen LogP contribution >= 0.6 is 0 Å². The number of aliphatic hydroxyl groups is 1. The topological polar surface area (TPSA) is 66.4 Å². The molecule has 0 radical (unpaired) electrons. The number of hydrogen-bond acceptors (Lipinski definition) is 6. The molecule has 208 valence electrons. The summed E-state index contributed by atoms with van der Waals surface area (Å²) in [7, 11) is 0. The minimum absolute atomic E-state index is 0.165. The van der Waals surface area contributed by atoms with Gasteiger partial charge in [0.1, 0.15) is 24.4 Å². The second kappa shape index (κ2) is 14.3. The highest BCUT2D eigenvalue weighted by molar-refractivity contribution is 5.82. The summed E-state index contributed by atoms with van der Waals surface area (Å²) < 4.78 is 30.9. The molecule has 0 saturated carbocycles. The Labute approximate surface area is 235 Å². The lowest BCUT2D eigenvalue weighted by Crippen LogP contribution is -2.61. The van der Waals surface area contributed by atoms with Crippen molar-refractivity contribution in [2.75, 3.05) is 13.2 Å². The Bertz CT molecular complexity index is 1330. The van der Waals surface area contributed by atoms with Gasteiger partial charge in [0, 0.05) is 0 Å². The molecule has 0 unspecified atom stereocenters. The van der Waals surface area contributed by atoms with Gasteiger partial charge in [-0.15, -0.1) is 6.58 Å². The third-order valence-corrected chi connectivity index (χ3v) is 6.93. The van der Waals surface area contributed by atoms with Crippen LogP contribution in [0.25, 0.3) is 10.8 Å². The molecule has 1 aliphatic heterocycles. The monoisotopic (exact) mass is 540 g/mol. The van der Waals surface area contributed by atoms with Crippen molar-refractivity contribution in [3.05, 3.63) is 132 Å². The highest BCUT2D eigenvalue weighted by Gasteiger charge is 2.47. The van der Waals surface area contributed by atoms with Crippen molar-refractivity contribution in [1.29, 1.82) is 0 Å². The molecule has 0 aliphatic carbocycles. The van der Waals surface area contributed by atoms with E-state index in [0.717, 1.165) is 22.1 Å². The maximum atomic E-state index is 11.5. The van der Waals surface area contributed by atoms with Crippen LogP contribution in [0, 0.1) is 0 Å². The van der Waals surface area contributed by atoms with Crippen molar-refractivity contribution < 1.29 is 28.8 Å². The van der Waals surface area contributed by atoms with E-state index in [1.54, 1.807) is 6.08 Å². The Hall–Kier alpha value is -3.36. The summed E-state index contributed by atoms with van der Waals surface area (Å²) in [6, 6.07) is 34.2. The van der Waals surface area contributed by atoms with Crippen molar-refractivity contribution in [1.82, 2.24) is 0 Å². The van der Waals surface area contributed by atoms with Crippen molar-refractivity contribution >= 4 is 10.8 Å². The number of aliphatic hydroxyl groups excluding tert-OH is 1. The summed E-state index contributed by atoms with van der Waals surface area (Å²) in [5.41, 5.74) is 3.04. The summed E-state index contributed by atoms with van der Waals surface area (Å²) >= 11 is 0. The van der Waals surface area contributed by atoms with E-state index in [1.165, 1.54) is 5.39 Å². The van der Waals surface area contributed by atoms with Crippen LogP contribution < -0.4 is 0 Å². The van der Waals surface area contributed by atoms with Gasteiger partial charge in [0.05, 0.1) is 33.0 Å². The first-order valence-corrected chi connectivity index (χ1v) is 13.6. The fraction of sp³-hybridized carbons (Fsp3) is 0.294. The molecular weight excluding hydrogens is 504 g/mol. The van der Waals surface area contributed by atoms with E-state index in [9.17, 15) is 5.11 Å². The fourth-order valence-electron chi connectivity index (χ4n) is 4.85. The molecule has 4 aromatic rings. The normalized spacial score (nSPS) is 22.8. The summed E-state index contributed by atoms with van der Waals surface area (Å²) in [5, 5.41) is 13.8. The maximum Gasteiger partial charge on any atom is 0.187 e. The Balaban J connectivity index is 1.30. The molecule has 0 amide bonds. The molecule has 0 aromatic heterocycles. The van der Waals surface area contributed by atoms with Gasteiger partial charge in [-0.2, -0.15) is 0 Å². The molecule has 1 heterocycles. The maximum absolute atomic E-state index is 11.5. The first kappa shape index (κ1) is 28.2. The van der Waals surface area contributed by atoms with Crippen LogP contribution in [-0.4, -0.2) is 49.0 Å². The number of hydrogen-bond donors (Lipinski definition) is 1. The van der Waals surface area contributed by atoms with Crippen LogP contribution in [0.2, 0.25) is 0 Å². The quantitative estimate of drug-likeness (QED) is 0.216. The van der Waals surface area contributed by atoms with Gasteiger partial charge >= 0.3 is 0 Å². The zero-order chi connectivity index (χ0) is 27.6. The predicted molar refractivity (Wildman–Crippen MR) is 154 cm³/mol. The minimum Gasteiger partial charge on any atom is -0.387 e. The highest BCUT2D eigenvalue weighted by atomic mass is 16.7. The fourth-order valence-corrected chi connectivity index (χ4v) is 4.85. The van der Waals surface area contributed by atoms with E-state index in [1.807, 2.05) is 72.8 Å². The van der Waals surface area contributed by atoms with Crippen LogP contribution in [0.5, 0.6) is 0 Å². The number of rotatable bonds is 13. The third kappa shape index (κ3) is 7.43. The molecule has 1 saturated heterocycles. The standard InChI is InChI=1S/C34H36O6/c1-2-19-37-34-33(39-23-26-13-7-4-8-14-26)32(38-22-25-11-5-3-6-12-25)31(35)30(40-34)24-36-21-27-17-18-28-15-9-10-16-29(28)20-27/h2-18,20,30-35H,1,19,21-24H2/t30-,31-,32+,33-,34-/m1/s1. The molecule has 40 heavy (non-hydrogen) atoms. The first-order chi connectivity index (χ1) is 19.7. The second-order valence-corrected chi connectivity index (χ2v) is 9.87. The number of ether oxygens (including phenoxy) is 5. The molecule has 0 bridgehead atoms. The second-order valence-electron chi connectivity index (χ2n) is 9.87. The van der Waals surface area contributed by atoms with Crippen molar-refractivity contribution in [3.63, 3.8) is 0 Å². The summed E-state index contributed by atoms with van der Waals surface area (Å²) in [5.74, 6) is 0. The van der Waals surface area contributed by atoms with E-state index < -0.39 is 30.7 Å². The first-order valence-electron chi connectivity index (χ1n) is 13.6. The minimum atomic E-state index is -0.996. The van der Waals surface area contributed by atoms with Crippen LogP contribution in [0.4, 0.5) is 0 Å². The summed E-state index contributed by atoms with van der Waals surface area (Å²) in [4.78, 5) is 0. The van der Waals surface area contributed by atoms with Gasteiger partial charge in [-0.05, 0) is 33.5 Å². The largest absolute Gasteiger partial charge is 0.387 e. The van der Waals surface area contributed by atoms with Crippen LogP contribution in [0.3, 0.4) is 0 Å². The van der Waals surface area contributed by atoms with E-state index in [2.05, 4.69) is 36.9 Å². The molecule has 0 spiro atoms. The van der Waals surface area contributed by atoms with Gasteiger partial charge in [0.15, 0.2) is 6.29 Å². The van der Waals surface area contributed by atoms with Gasteiger partial charge in [0.2, 0.25) is 0 Å². The third-order valence-electron chi connectivity index (χ3n) is 6.93. The lowest BCUT2D eigenvalue weighted by Gasteiger charge is -2.44. The molecular formula is C34H36O6. The lowest BCUT2D eigenvalue weighted by atomic mass is 9.98. The van der Waals surface area contributed by atoms with Crippen molar-refractivity contribution in [3.8, 4) is 0 Å². The van der Waals surface area contributed by atoms with Gasteiger partial charge in [-0.3, -0.25) is 0 Å². The van der Waals surface area contributed by atoms with Crippen molar-refractivity contribution in [2.45, 2.75) is 50.5 Å². The van der Waals surface area contributed by atoms with Crippen molar-refractivity contribution in [2.24, 2.45) is 0 Å². The van der Waals surface area contributed by atoms with Gasteiger partial charge in [0.25, 0.3) is 0 Å². The van der Waals surface area contributed by atoms with E-state index in [-0.39, 0.29) is 13.2 Å². The molecule has 1 fully saturated rings. The van der Waals surface area contributed by atoms with E-state index in [4.69, 9.17) is 23.7 Å². The molecule has 5 atom stereocenters. The zero-order valence-electron chi connectivity index (χ0n) is 22.5. The smallest absolute Gasteiger partial charge is 0.187 e. The zero-order valence-corrected chi connectivity index (χ0v) is 22.5. The Kier molecular flexibility index (Phi) is 10.1. The molecule has 5 rings (SSSR count). The van der Waals surface area contributed by atoms with Gasteiger partial charge < -0.3 is 28.8 Å². The average molecular weight is 541 g/mol. The van der Waals surface area contributed by atoms with E-state index in [0.29, 0.717) is 19.8 Å². The Morgan fingerprint density at radius 1 is 0.675 bits per heavy atom. The van der Waals surface area contributed by atoms with Crippen LogP contribution in [-0.2, 0) is 43.5 Å². The van der Waals surface area contributed by atoms with Gasteiger partial charge in [-0.25, -0.2) is 0 Å². The molecule has 4 aromatic carbocycles. The van der Waals surface area contributed by atoms with Crippen LogP contribution in [0.1, 0.15) is 16.7 Å². The average Bonchev–Trinajstić information content (AvgIpc) is 3.00. The predicted octanol–water partition coefficient (Wildman–Crippen LogP) is 5.82. The molecule has 6 heteroatoms. The number of fused-ring (bicyclic) bond motifs is 1.